The topological polar surface area (TPSA) is 38.9 Å². The van der Waals surface area contributed by atoms with Gasteiger partial charge in [-0.3, -0.25) is 4.98 Å². The van der Waals surface area contributed by atoms with E-state index in [0.29, 0.717) is 26.3 Å². The molecule has 0 saturated heterocycles. The van der Waals surface area contributed by atoms with E-state index in [4.69, 9.17) is 40.5 Å². The van der Waals surface area contributed by atoms with E-state index in [0.717, 1.165) is 0 Å². The molecule has 0 aliphatic carbocycles. The quantitative estimate of drug-likeness (QED) is 0.903. The third kappa shape index (κ3) is 2.72. The van der Waals surface area contributed by atoms with Crippen molar-refractivity contribution in [2.75, 3.05) is 0 Å². The molecular formula is C12H9Cl3N2. The van der Waals surface area contributed by atoms with Crippen LogP contribution in [0.5, 0.6) is 0 Å². The van der Waals surface area contributed by atoms with Gasteiger partial charge >= 0.3 is 0 Å². The van der Waals surface area contributed by atoms with Crippen LogP contribution in [0.3, 0.4) is 0 Å². The summed E-state index contributed by atoms with van der Waals surface area (Å²) in [6.07, 6.45) is 1.64. The molecule has 88 valence electrons. The van der Waals surface area contributed by atoms with Gasteiger partial charge in [0.15, 0.2) is 0 Å². The molecule has 0 spiro atoms. The van der Waals surface area contributed by atoms with Crippen molar-refractivity contribution in [2.24, 2.45) is 5.73 Å². The number of nitrogens with two attached hydrogens (primary N) is 1. The van der Waals surface area contributed by atoms with Gasteiger partial charge in [-0.15, -0.1) is 0 Å². The molecule has 1 aromatic carbocycles. The molecular weight excluding hydrogens is 279 g/mol. The highest BCUT2D eigenvalue weighted by atomic mass is 35.5. The molecule has 0 amide bonds. The molecule has 2 nitrogen and oxygen atoms in total. The SMILES string of the molecule is NC(c1cc(Cl)ccc1Cl)c1ncccc1Cl. The number of benzene rings is 1. The maximum absolute atomic E-state index is 6.10. The smallest absolute Gasteiger partial charge is 0.0802 e. The maximum Gasteiger partial charge on any atom is 0.0802 e. The second-order valence-electron chi connectivity index (χ2n) is 3.51. The first kappa shape index (κ1) is 12.7. The number of rotatable bonds is 2. The van der Waals surface area contributed by atoms with Gasteiger partial charge in [0.05, 0.1) is 16.8 Å². The molecule has 2 rings (SSSR count). The highest BCUT2D eigenvalue weighted by Crippen LogP contribution is 2.30. The van der Waals surface area contributed by atoms with Gasteiger partial charge < -0.3 is 5.73 Å². The Hall–Kier alpha value is -0.800. The van der Waals surface area contributed by atoms with E-state index in [1.54, 1.807) is 36.5 Å². The Morgan fingerprint density at radius 3 is 2.53 bits per heavy atom. The van der Waals surface area contributed by atoms with E-state index in [9.17, 15) is 0 Å². The van der Waals surface area contributed by atoms with E-state index in [2.05, 4.69) is 4.98 Å². The molecule has 1 heterocycles. The summed E-state index contributed by atoms with van der Waals surface area (Å²) in [6.45, 7) is 0. The fourth-order valence-corrected chi connectivity index (χ4v) is 2.18. The molecule has 0 bridgehead atoms. The molecule has 0 fully saturated rings. The minimum atomic E-state index is -0.491. The van der Waals surface area contributed by atoms with Gasteiger partial charge in [0.1, 0.15) is 0 Å². The molecule has 1 aromatic heterocycles. The predicted molar refractivity (Wildman–Crippen MR) is 71.7 cm³/mol. The summed E-state index contributed by atoms with van der Waals surface area (Å²) in [6, 6.07) is 8.13. The lowest BCUT2D eigenvalue weighted by molar-refractivity contribution is 0.829. The van der Waals surface area contributed by atoms with Crippen molar-refractivity contribution in [2.45, 2.75) is 6.04 Å². The molecule has 5 heteroatoms. The predicted octanol–water partition coefficient (Wildman–Crippen LogP) is 4.09. The van der Waals surface area contributed by atoms with E-state index in [-0.39, 0.29) is 0 Å². The van der Waals surface area contributed by atoms with Gasteiger partial charge in [0, 0.05) is 16.2 Å². The zero-order valence-electron chi connectivity index (χ0n) is 8.70. The highest BCUT2D eigenvalue weighted by Gasteiger charge is 2.16. The molecule has 0 aliphatic rings. The monoisotopic (exact) mass is 286 g/mol. The minimum Gasteiger partial charge on any atom is -0.319 e. The lowest BCUT2D eigenvalue weighted by Crippen LogP contribution is -2.14. The van der Waals surface area contributed by atoms with Crippen LogP contribution in [-0.2, 0) is 0 Å². The summed E-state index contributed by atoms with van der Waals surface area (Å²) < 4.78 is 0. The number of hydrogen-bond donors (Lipinski definition) is 1. The zero-order valence-corrected chi connectivity index (χ0v) is 11.0. The number of hydrogen-bond acceptors (Lipinski definition) is 2. The third-order valence-corrected chi connectivity index (χ3v) is 3.27. The lowest BCUT2D eigenvalue weighted by atomic mass is 10.0. The van der Waals surface area contributed by atoms with Gasteiger partial charge in [0.25, 0.3) is 0 Å². The number of pyridine rings is 1. The van der Waals surface area contributed by atoms with Crippen LogP contribution in [0.15, 0.2) is 36.5 Å². The first-order valence-corrected chi connectivity index (χ1v) is 6.04. The first-order valence-electron chi connectivity index (χ1n) is 4.90. The average molecular weight is 288 g/mol. The Morgan fingerprint density at radius 1 is 1.06 bits per heavy atom. The number of halogens is 3. The van der Waals surface area contributed by atoms with Crippen molar-refractivity contribution in [1.29, 1.82) is 0 Å². The van der Waals surface area contributed by atoms with E-state index < -0.39 is 6.04 Å². The summed E-state index contributed by atoms with van der Waals surface area (Å²) >= 11 is 18.0. The largest absolute Gasteiger partial charge is 0.319 e. The fourth-order valence-electron chi connectivity index (χ4n) is 1.53. The molecule has 2 N–H and O–H groups in total. The van der Waals surface area contributed by atoms with E-state index in [1.807, 2.05) is 0 Å². The minimum absolute atomic E-state index is 0.491. The van der Waals surface area contributed by atoms with Crippen molar-refractivity contribution in [3.63, 3.8) is 0 Å². The Morgan fingerprint density at radius 2 is 1.82 bits per heavy atom. The molecule has 1 atom stereocenters. The van der Waals surface area contributed by atoms with Crippen molar-refractivity contribution < 1.29 is 0 Å². The Labute approximate surface area is 114 Å². The van der Waals surface area contributed by atoms with Crippen LogP contribution in [0, 0.1) is 0 Å². The van der Waals surface area contributed by atoms with Gasteiger partial charge in [-0.05, 0) is 35.9 Å². The highest BCUT2D eigenvalue weighted by molar-refractivity contribution is 6.34. The normalized spacial score (nSPS) is 12.5. The average Bonchev–Trinajstić information content (AvgIpc) is 2.32. The Kier molecular flexibility index (Phi) is 3.89. The van der Waals surface area contributed by atoms with Crippen molar-refractivity contribution >= 4 is 34.8 Å². The third-order valence-electron chi connectivity index (χ3n) is 2.37. The van der Waals surface area contributed by atoms with Crippen LogP contribution < -0.4 is 5.73 Å². The second kappa shape index (κ2) is 5.23. The van der Waals surface area contributed by atoms with E-state index in [1.165, 1.54) is 0 Å². The van der Waals surface area contributed by atoms with Crippen LogP contribution >= 0.6 is 34.8 Å². The number of nitrogens with zero attached hydrogens (tertiary/aromatic N) is 1. The standard InChI is InChI=1S/C12H9Cl3N2/c13-7-3-4-9(14)8(6-7)11(16)12-10(15)2-1-5-17-12/h1-6,11H,16H2. The van der Waals surface area contributed by atoms with Crippen LogP contribution in [0.2, 0.25) is 15.1 Å². The molecule has 0 radical (unpaired) electrons. The Balaban J connectivity index is 2.47. The summed E-state index contributed by atoms with van der Waals surface area (Å²) in [5, 5.41) is 1.63. The maximum atomic E-state index is 6.10. The Bertz CT molecular complexity index is 543. The molecule has 0 aliphatic heterocycles. The van der Waals surface area contributed by atoms with Gasteiger partial charge in [-0.25, -0.2) is 0 Å². The van der Waals surface area contributed by atoms with Crippen LogP contribution in [0.4, 0.5) is 0 Å². The molecule has 2 aromatic rings. The first-order chi connectivity index (χ1) is 8.09. The summed E-state index contributed by atoms with van der Waals surface area (Å²) in [4.78, 5) is 4.17. The number of aromatic nitrogens is 1. The van der Waals surface area contributed by atoms with Crippen LogP contribution in [-0.4, -0.2) is 4.98 Å². The zero-order chi connectivity index (χ0) is 12.4. The van der Waals surface area contributed by atoms with Crippen molar-refractivity contribution in [3.05, 3.63) is 62.9 Å². The summed E-state index contributed by atoms with van der Waals surface area (Å²) in [7, 11) is 0. The molecule has 1 unspecified atom stereocenters. The van der Waals surface area contributed by atoms with Crippen molar-refractivity contribution in [1.82, 2.24) is 4.98 Å². The van der Waals surface area contributed by atoms with Gasteiger partial charge in [-0.1, -0.05) is 34.8 Å². The second-order valence-corrected chi connectivity index (χ2v) is 4.76. The summed E-state index contributed by atoms with van der Waals surface area (Å²) in [5.41, 5.74) is 7.39. The summed E-state index contributed by atoms with van der Waals surface area (Å²) in [5.74, 6) is 0. The fraction of sp³-hybridized carbons (Fsp3) is 0.0833. The molecule has 17 heavy (non-hydrogen) atoms. The lowest BCUT2D eigenvalue weighted by Gasteiger charge is -2.14. The van der Waals surface area contributed by atoms with E-state index >= 15 is 0 Å². The molecule has 0 saturated carbocycles. The van der Waals surface area contributed by atoms with Crippen LogP contribution in [0.25, 0.3) is 0 Å². The van der Waals surface area contributed by atoms with Crippen LogP contribution in [0.1, 0.15) is 17.3 Å². The van der Waals surface area contributed by atoms with Crippen molar-refractivity contribution in [3.8, 4) is 0 Å². The van der Waals surface area contributed by atoms with Gasteiger partial charge in [0.2, 0.25) is 0 Å². The van der Waals surface area contributed by atoms with Gasteiger partial charge in [-0.2, -0.15) is 0 Å².